The van der Waals surface area contributed by atoms with Crippen molar-refractivity contribution in [1.82, 2.24) is 9.78 Å². The van der Waals surface area contributed by atoms with Gasteiger partial charge in [0, 0.05) is 11.1 Å². The molecule has 0 aliphatic carbocycles. The van der Waals surface area contributed by atoms with Crippen LogP contribution in [0.5, 0.6) is 5.75 Å². The summed E-state index contributed by atoms with van der Waals surface area (Å²) in [7, 11) is 0. The van der Waals surface area contributed by atoms with Gasteiger partial charge in [-0.15, -0.1) is 0 Å². The van der Waals surface area contributed by atoms with Gasteiger partial charge in [-0.2, -0.15) is 5.10 Å². The molecule has 0 saturated carbocycles. The molecule has 0 unspecified atom stereocenters. The average Bonchev–Trinajstić information content (AvgIpc) is 2.87. The number of benzene rings is 2. The van der Waals surface area contributed by atoms with Gasteiger partial charge in [0.25, 0.3) is 0 Å². The van der Waals surface area contributed by atoms with Crippen molar-refractivity contribution in [2.24, 2.45) is 0 Å². The van der Waals surface area contributed by atoms with E-state index in [1.807, 2.05) is 66.2 Å². The number of hydrogen-bond donors (Lipinski definition) is 1. The molecule has 0 aliphatic rings. The van der Waals surface area contributed by atoms with Crippen LogP contribution in [0.2, 0.25) is 0 Å². The van der Waals surface area contributed by atoms with Crippen molar-refractivity contribution < 1.29 is 5.11 Å². The Morgan fingerprint density at radius 1 is 0.870 bits per heavy atom. The van der Waals surface area contributed by atoms with E-state index in [0.29, 0.717) is 5.69 Å². The van der Waals surface area contributed by atoms with Crippen molar-refractivity contribution in [2.75, 3.05) is 0 Å². The molecule has 0 aliphatic heterocycles. The molecule has 0 amide bonds. The van der Waals surface area contributed by atoms with Crippen molar-refractivity contribution >= 4 is 0 Å². The fourth-order valence-electron chi connectivity index (χ4n) is 2.66. The lowest BCUT2D eigenvalue weighted by atomic mass is 10.0. The Morgan fingerprint density at radius 3 is 2.04 bits per heavy atom. The van der Waals surface area contributed by atoms with Crippen molar-refractivity contribution in [3.63, 3.8) is 0 Å². The molecule has 0 bridgehead atoms. The van der Waals surface area contributed by atoms with Crippen LogP contribution in [0, 0.1) is 6.92 Å². The molecular formula is C20H22N2O. The van der Waals surface area contributed by atoms with E-state index in [1.165, 1.54) is 5.56 Å². The van der Waals surface area contributed by atoms with Gasteiger partial charge >= 0.3 is 0 Å². The Labute approximate surface area is 137 Å². The lowest BCUT2D eigenvalue weighted by molar-refractivity contribution is 0.359. The second kappa shape index (κ2) is 5.58. The number of nitrogens with zero attached hydrogens (tertiary/aromatic N) is 2. The summed E-state index contributed by atoms with van der Waals surface area (Å²) in [6, 6.07) is 18.0. The van der Waals surface area contributed by atoms with E-state index >= 15 is 0 Å². The monoisotopic (exact) mass is 306 g/mol. The van der Waals surface area contributed by atoms with Crippen LogP contribution in [-0.4, -0.2) is 14.9 Å². The molecule has 1 N–H and O–H groups in total. The molecule has 3 heteroatoms. The van der Waals surface area contributed by atoms with E-state index in [2.05, 4.69) is 20.8 Å². The van der Waals surface area contributed by atoms with Gasteiger partial charge in [0.05, 0.1) is 5.54 Å². The van der Waals surface area contributed by atoms with Crippen molar-refractivity contribution in [3.05, 3.63) is 60.2 Å². The number of aromatic nitrogens is 2. The first-order valence-electron chi connectivity index (χ1n) is 7.83. The van der Waals surface area contributed by atoms with E-state index in [1.54, 1.807) is 0 Å². The van der Waals surface area contributed by atoms with Crippen LogP contribution in [0.1, 0.15) is 26.3 Å². The minimum absolute atomic E-state index is 0.231. The van der Waals surface area contributed by atoms with Crippen molar-refractivity contribution in [1.29, 1.82) is 0 Å². The molecule has 0 fully saturated rings. The van der Waals surface area contributed by atoms with Gasteiger partial charge in [0.1, 0.15) is 11.4 Å². The molecule has 1 heterocycles. The Balaban J connectivity index is 2.25. The second-order valence-electron chi connectivity index (χ2n) is 6.86. The number of aromatic hydroxyl groups is 1. The van der Waals surface area contributed by atoms with Crippen LogP contribution in [-0.2, 0) is 5.54 Å². The van der Waals surface area contributed by atoms with Crippen LogP contribution in [0.3, 0.4) is 0 Å². The molecule has 0 atom stereocenters. The quantitative estimate of drug-likeness (QED) is 0.724. The molecule has 2 aromatic carbocycles. The average molecular weight is 306 g/mol. The van der Waals surface area contributed by atoms with Crippen LogP contribution >= 0.6 is 0 Å². The number of hydrogen-bond acceptors (Lipinski definition) is 2. The zero-order valence-electron chi connectivity index (χ0n) is 14.0. The SMILES string of the molecule is Cc1ccc(-c2nn(C(C)(C)C)c(-c3ccccc3)c2O)cc1. The second-order valence-corrected chi connectivity index (χ2v) is 6.86. The van der Waals surface area contributed by atoms with Gasteiger partial charge in [-0.05, 0) is 27.7 Å². The molecule has 0 spiro atoms. The number of aryl methyl sites for hydroxylation is 1. The van der Waals surface area contributed by atoms with Gasteiger partial charge in [-0.1, -0.05) is 60.2 Å². The molecule has 3 nitrogen and oxygen atoms in total. The van der Waals surface area contributed by atoms with E-state index < -0.39 is 0 Å². The Morgan fingerprint density at radius 2 is 1.48 bits per heavy atom. The summed E-state index contributed by atoms with van der Waals surface area (Å²) < 4.78 is 1.91. The Bertz CT molecular complexity index is 809. The molecule has 118 valence electrons. The Hall–Kier alpha value is -2.55. The minimum Gasteiger partial charge on any atom is -0.504 e. The fraction of sp³-hybridized carbons (Fsp3) is 0.250. The van der Waals surface area contributed by atoms with Gasteiger partial charge in [-0.25, -0.2) is 0 Å². The van der Waals surface area contributed by atoms with Crippen LogP contribution in [0.25, 0.3) is 22.5 Å². The van der Waals surface area contributed by atoms with Gasteiger partial charge in [0.2, 0.25) is 0 Å². The minimum atomic E-state index is -0.231. The molecule has 0 radical (unpaired) electrons. The molecule has 0 saturated heterocycles. The lowest BCUT2D eigenvalue weighted by Crippen LogP contribution is -2.24. The first-order chi connectivity index (χ1) is 10.9. The molecular weight excluding hydrogens is 284 g/mol. The normalized spacial score (nSPS) is 11.7. The van der Waals surface area contributed by atoms with Crippen molar-refractivity contribution in [3.8, 4) is 28.3 Å². The summed E-state index contributed by atoms with van der Waals surface area (Å²) in [6.07, 6.45) is 0. The maximum atomic E-state index is 10.9. The van der Waals surface area contributed by atoms with E-state index in [-0.39, 0.29) is 11.3 Å². The van der Waals surface area contributed by atoms with E-state index in [4.69, 9.17) is 5.10 Å². The summed E-state index contributed by atoms with van der Waals surface area (Å²) in [5, 5.41) is 15.6. The smallest absolute Gasteiger partial charge is 0.169 e. The van der Waals surface area contributed by atoms with E-state index in [0.717, 1.165) is 16.8 Å². The first kappa shape index (κ1) is 15.3. The van der Waals surface area contributed by atoms with Crippen LogP contribution in [0.4, 0.5) is 0 Å². The summed E-state index contributed by atoms with van der Waals surface area (Å²) in [5.41, 5.74) is 4.23. The fourth-order valence-corrected chi connectivity index (χ4v) is 2.66. The molecule has 1 aromatic heterocycles. The predicted molar refractivity (Wildman–Crippen MR) is 94.5 cm³/mol. The summed E-state index contributed by atoms with van der Waals surface area (Å²) in [6.45, 7) is 8.31. The van der Waals surface area contributed by atoms with Gasteiger partial charge in [-0.3, -0.25) is 4.68 Å². The maximum absolute atomic E-state index is 10.9. The van der Waals surface area contributed by atoms with Gasteiger partial charge in [0.15, 0.2) is 5.75 Å². The highest BCUT2D eigenvalue weighted by Crippen LogP contribution is 2.40. The summed E-state index contributed by atoms with van der Waals surface area (Å²) in [5.74, 6) is 0.231. The first-order valence-corrected chi connectivity index (χ1v) is 7.83. The summed E-state index contributed by atoms with van der Waals surface area (Å²) in [4.78, 5) is 0. The number of rotatable bonds is 2. The molecule has 3 rings (SSSR count). The molecule has 3 aromatic rings. The topological polar surface area (TPSA) is 38.0 Å². The zero-order chi connectivity index (χ0) is 16.6. The van der Waals surface area contributed by atoms with E-state index in [9.17, 15) is 5.11 Å². The maximum Gasteiger partial charge on any atom is 0.169 e. The van der Waals surface area contributed by atoms with Crippen molar-refractivity contribution in [2.45, 2.75) is 33.2 Å². The third kappa shape index (κ3) is 2.87. The third-order valence-corrected chi connectivity index (χ3v) is 3.87. The third-order valence-electron chi connectivity index (χ3n) is 3.87. The Kier molecular flexibility index (Phi) is 3.72. The zero-order valence-corrected chi connectivity index (χ0v) is 14.0. The summed E-state index contributed by atoms with van der Waals surface area (Å²) >= 11 is 0. The highest BCUT2D eigenvalue weighted by atomic mass is 16.3. The highest BCUT2D eigenvalue weighted by molar-refractivity contribution is 5.78. The van der Waals surface area contributed by atoms with Crippen LogP contribution in [0.15, 0.2) is 54.6 Å². The highest BCUT2D eigenvalue weighted by Gasteiger charge is 2.26. The molecule has 23 heavy (non-hydrogen) atoms. The standard InChI is InChI=1S/C20H22N2O/c1-14-10-12-15(13-11-14)17-19(23)18(16-8-6-5-7-9-16)22(21-17)20(2,3)4/h5-13,23H,1-4H3. The predicted octanol–water partition coefficient (Wildman–Crippen LogP) is 4.99. The lowest BCUT2D eigenvalue weighted by Gasteiger charge is -2.22. The van der Waals surface area contributed by atoms with Crippen LogP contribution < -0.4 is 0 Å². The largest absolute Gasteiger partial charge is 0.504 e. The van der Waals surface area contributed by atoms with Gasteiger partial charge < -0.3 is 5.11 Å².